The molecular weight excluding hydrogens is 268 g/mol. The van der Waals surface area contributed by atoms with Crippen molar-refractivity contribution in [3.05, 3.63) is 29.8 Å². The smallest absolute Gasteiger partial charge is 0.307 e. The molecule has 0 spiro atoms. The molecule has 5 nitrogen and oxygen atoms in total. The maximum Gasteiger partial charge on any atom is 0.307 e. The van der Waals surface area contributed by atoms with Crippen LogP contribution in [0.25, 0.3) is 0 Å². The molecule has 0 heterocycles. The van der Waals surface area contributed by atoms with Crippen molar-refractivity contribution >= 4 is 17.6 Å². The molecular formula is C16H22N2O3. The fourth-order valence-electron chi connectivity index (χ4n) is 2.92. The summed E-state index contributed by atoms with van der Waals surface area (Å²) in [4.78, 5) is 25.5. The zero-order chi connectivity index (χ0) is 15.4. The first-order valence-corrected chi connectivity index (χ1v) is 7.24. The van der Waals surface area contributed by atoms with Gasteiger partial charge in [0, 0.05) is 12.2 Å². The first-order chi connectivity index (χ1) is 9.97. The summed E-state index contributed by atoms with van der Waals surface area (Å²) in [6, 6.07) is 7.67. The molecule has 0 aliphatic heterocycles. The minimum Gasteiger partial charge on any atom is -0.481 e. The molecule has 2 rings (SSSR count). The largest absolute Gasteiger partial charge is 0.481 e. The number of carbonyl (C=O) groups is 2. The molecule has 1 saturated carbocycles. The number of benzene rings is 1. The molecule has 0 radical (unpaired) electrons. The highest BCUT2D eigenvalue weighted by atomic mass is 16.4. The lowest BCUT2D eigenvalue weighted by atomic mass is 9.95. The second-order valence-electron chi connectivity index (χ2n) is 5.91. The summed E-state index contributed by atoms with van der Waals surface area (Å²) in [5.41, 5.74) is 1.84. The van der Waals surface area contributed by atoms with Gasteiger partial charge in [-0.15, -0.1) is 0 Å². The van der Waals surface area contributed by atoms with Gasteiger partial charge in [0.15, 0.2) is 0 Å². The van der Waals surface area contributed by atoms with Gasteiger partial charge in [0.1, 0.15) is 0 Å². The summed E-state index contributed by atoms with van der Waals surface area (Å²) in [6.07, 6.45) is 2.05. The highest BCUT2D eigenvalue weighted by Crippen LogP contribution is 2.32. The second-order valence-corrected chi connectivity index (χ2v) is 5.91. The van der Waals surface area contributed by atoms with Crippen LogP contribution in [0.2, 0.25) is 0 Å². The van der Waals surface area contributed by atoms with Crippen LogP contribution in [0.15, 0.2) is 24.3 Å². The predicted octanol–water partition coefficient (Wildman–Crippen LogP) is 2.19. The Morgan fingerprint density at radius 2 is 2.00 bits per heavy atom. The molecule has 2 atom stereocenters. The molecule has 2 N–H and O–H groups in total. The molecule has 0 saturated heterocycles. The molecule has 0 bridgehead atoms. The van der Waals surface area contributed by atoms with Crippen LogP contribution in [-0.2, 0) is 16.1 Å². The van der Waals surface area contributed by atoms with Crippen LogP contribution in [0.5, 0.6) is 0 Å². The minimum atomic E-state index is -0.867. The van der Waals surface area contributed by atoms with Crippen LogP contribution >= 0.6 is 0 Å². The van der Waals surface area contributed by atoms with E-state index < -0.39 is 17.8 Å². The highest BCUT2D eigenvalue weighted by Gasteiger charge is 2.37. The third-order valence-electron chi connectivity index (χ3n) is 3.86. The quantitative estimate of drug-likeness (QED) is 0.872. The molecule has 1 fully saturated rings. The number of carbonyl (C=O) groups excluding carboxylic acids is 1. The summed E-state index contributed by atoms with van der Waals surface area (Å²) >= 11 is 0. The highest BCUT2D eigenvalue weighted by molar-refractivity contribution is 5.95. The standard InChI is InChI=1S/C16H22N2O3/c1-18(2)10-11-5-3-6-12(9-11)17-15(19)13-7-4-8-14(13)16(20)21/h3,5-6,9,13-14H,4,7-8,10H2,1-2H3,(H,17,19)(H,20,21). The summed E-state index contributed by atoms with van der Waals surface area (Å²) < 4.78 is 0. The Kier molecular flexibility index (Phi) is 4.96. The van der Waals surface area contributed by atoms with Gasteiger partial charge >= 0.3 is 5.97 Å². The zero-order valence-electron chi connectivity index (χ0n) is 12.5. The number of carboxylic acid groups (broad SMARTS) is 1. The van der Waals surface area contributed by atoms with E-state index in [1.165, 1.54) is 0 Å². The molecule has 2 unspecified atom stereocenters. The van der Waals surface area contributed by atoms with Crippen molar-refractivity contribution in [2.45, 2.75) is 25.8 Å². The third-order valence-corrected chi connectivity index (χ3v) is 3.86. The van der Waals surface area contributed by atoms with E-state index in [-0.39, 0.29) is 5.91 Å². The number of aliphatic carboxylic acids is 1. The number of anilines is 1. The summed E-state index contributed by atoms with van der Waals surface area (Å²) in [5, 5.41) is 12.0. The van der Waals surface area contributed by atoms with Crippen LogP contribution in [0.1, 0.15) is 24.8 Å². The normalized spacial score (nSPS) is 21.5. The number of carboxylic acids is 1. The molecule has 5 heteroatoms. The SMILES string of the molecule is CN(C)Cc1cccc(NC(=O)C2CCCC2C(=O)O)c1. The van der Waals surface area contributed by atoms with E-state index in [1.807, 2.05) is 38.4 Å². The van der Waals surface area contributed by atoms with Gasteiger partial charge in [-0.1, -0.05) is 18.6 Å². The molecule has 1 aliphatic rings. The van der Waals surface area contributed by atoms with E-state index in [2.05, 4.69) is 10.2 Å². The summed E-state index contributed by atoms with van der Waals surface area (Å²) in [7, 11) is 3.97. The van der Waals surface area contributed by atoms with Gasteiger partial charge in [0.25, 0.3) is 0 Å². The van der Waals surface area contributed by atoms with Gasteiger partial charge in [-0.05, 0) is 44.6 Å². The average Bonchev–Trinajstić information content (AvgIpc) is 2.87. The average molecular weight is 290 g/mol. The lowest BCUT2D eigenvalue weighted by molar-refractivity contribution is -0.145. The Labute approximate surface area is 125 Å². The Bertz CT molecular complexity index is 528. The van der Waals surface area contributed by atoms with E-state index in [1.54, 1.807) is 0 Å². The Balaban J connectivity index is 2.04. The summed E-state index contributed by atoms with van der Waals surface area (Å²) in [6.45, 7) is 0.797. The number of nitrogens with zero attached hydrogens (tertiary/aromatic N) is 1. The van der Waals surface area contributed by atoms with Crippen molar-refractivity contribution in [3.63, 3.8) is 0 Å². The van der Waals surface area contributed by atoms with E-state index in [0.29, 0.717) is 12.8 Å². The Morgan fingerprint density at radius 1 is 1.29 bits per heavy atom. The molecule has 1 aliphatic carbocycles. The van der Waals surface area contributed by atoms with Crippen LogP contribution in [0, 0.1) is 11.8 Å². The van der Waals surface area contributed by atoms with Gasteiger partial charge in [-0.25, -0.2) is 0 Å². The first kappa shape index (κ1) is 15.5. The fraction of sp³-hybridized carbons (Fsp3) is 0.500. The topological polar surface area (TPSA) is 69.6 Å². The van der Waals surface area contributed by atoms with Gasteiger partial charge in [0.05, 0.1) is 11.8 Å². The Morgan fingerprint density at radius 3 is 2.67 bits per heavy atom. The fourth-order valence-corrected chi connectivity index (χ4v) is 2.92. The maximum absolute atomic E-state index is 12.3. The monoisotopic (exact) mass is 290 g/mol. The lowest BCUT2D eigenvalue weighted by Crippen LogP contribution is -2.30. The first-order valence-electron chi connectivity index (χ1n) is 7.24. The van der Waals surface area contributed by atoms with Crippen molar-refractivity contribution in [2.24, 2.45) is 11.8 Å². The van der Waals surface area contributed by atoms with Gasteiger partial charge < -0.3 is 15.3 Å². The van der Waals surface area contributed by atoms with Gasteiger partial charge in [-0.2, -0.15) is 0 Å². The van der Waals surface area contributed by atoms with Crippen molar-refractivity contribution in [2.75, 3.05) is 19.4 Å². The number of rotatable bonds is 5. The Hall–Kier alpha value is -1.88. The van der Waals surface area contributed by atoms with Crippen molar-refractivity contribution < 1.29 is 14.7 Å². The number of nitrogens with one attached hydrogen (secondary N) is 1. The van der Waals surface area contributed by atoms with E-state index >= 15 is 0 Å². The molecule has 1 aromatic carbocycles. The molecule has 1 amide bonds. The summed E-state index contributed by atoms with van der Waals surface area (Å²) in [5.74, 6) is -2.01. The number of amides is 1. The molecule has 0 aromatic heterocycles. The van der Waals surface area contributed by atoms with Crippen molar-refractivity contribution in [1.82, 2.24) is 4.90 Å². The molecule has 114 valence electrons. The van der Waals surface area contributed by atoms with E-state index in [4.69, 9.17) is 5.11 Å². The third kappa shape index (κ3) is 4.04. The van der Waals surface area contributed by atoms with Crippen LogP contribution in [0.4, 0.5) is 5.69 Å². The van der Waals surface area contributed by atoms with E-state index in [9.17, 15) is 9.59 Å². The van der Waals surface area contributed by atoms with Gasteiger partial charge in [0.2, 0.25) is 5.91 Å². The van der Waals surface area contributed by atoms with Crippen LogP contribution in [-0.4, -0.2) is 36.0 Å². The maximum atomic E-state index is 12.3. The second kappa shape index (κ2) is 6.72. The predicted molar refractivity (Wildman–Crippen MR) is 80.9 cm³/mol. The van der Waals surface area contributed by atoms with Gasteiger partial charge in [-0.3, -0.25) is 9.59 Å². The van der Waals surface area contributed by atoms with Crippen LogP contribution in [0.3, 0.4) is 0 Å². The number of hydrogen-bond acceptors (Lipinski definition) is 3. The lowest BCUT2D eigenvalue weighted by Gasteiger charge is -2.16. The van der Waals surface area contributed by atoms with Crippen molar-refractivity contribution in [3.8, 4) is 0 Å². The van der Waals surface area contributed by atoms with Crippen molar-refractivity contribution in [1.29, 1.82) is 0 Å². The van der Waals surface area contributed by atoms with Crippen LogP contribution < -0.4 is 5.32 Å². The minimum absolute atomic E-state index is 0.179. The van der Waals surface area contributed by atoms with E-state index in [0.717, 1.165) is 24.2 Å². The zero-order valence-corrected chi connectivity index (χ0v) is 12.5. The molecule has 21 heavy (non-hydrogen) atoms. The molecule has 1 aromatic rings. The number of hydrogen-bond donors (Lipinski definition) is 2.